The molecule has 1 aliphatic rings. The standard InChI is InChI=1S/C32H26N4O3S/c1-20-9-14-26-28(16-20)40-30(34-26)23-10-12-24(13-11-23)36-29(37)17-27(32(36)39)35(19-22-7-5-15-33-18-22)31(38)25-8-4-3-6-21(25)2/h3-16,18,27H,17,19H2,1-2H3. The summed E-state index contributed by atoms with van der Waals surface area (Å²) in [6.07, 6.45) is 3.23. The maximum atomic E-state index is 13.8. The summed E-state index contributed by atoms with van der Waals surface area (Å²) in [6.45, 7) is 4.07. The van der Waals surface area contributed by atoms with Crippen LogP contribution in [0, 0.1) is 13.8 Å². The van der Waals surface area contributed by atoms with E-state index in [-0.39, 0.29) is 24.8 Å². The lowest BCUT2D eigenvalue weighted by Gasteiger charge is -2.28. The van der Waals surface area contributed by atoms with Crippen molar-refractivity contribution in [1.29, 1.82) is 0 Å². The van der Waals surface area contributed by atoms with Crippen molar-refractivity contribution in [1.82, 2.24) is 14.9 Å². The van der Waals surface area contributed by atoms with Gasteiger partial charge < -0.3 is 4.90 Å². The summed E-state index contributed by atoms with van der Waals surface area (Å²) in [5, 5.41) is 0.871. The normalized spacial score (nSPS) is 15.2. The highest BCUT2D eigenvalue weighted by molar-refractivity contribution is 7.21. The molecule has 7 nitrogen and oxygen atoms in total. The van der Waals surface area contributed by atoms with E-state index < -0.39 is 11.9 Å². The molecule has 40 heavy (non-hydrogen) atoms. The van der Waals surface area contributed by atoms with Crippen molar-refractivity contribution in [2.45, 2.75) is 32.9 Å². The number of benzene rings is 3. The number of fused-ring (bicyclic) bond motifs is 1. The first-order valence-electron chi connectivity index (χ1n) is 13.0. The number of hydrogen-bond donors (Lipinski definition) is 0. The first-order valence-corrected chi connectivity index (χ1v) is 13.8. The molecule has 1 saturated heterocycles. The average molecular weight is 547 g/mol. The first-order chi connectivity index (χ1) is 19.4. The lowest BCUT2D eigenvalue weighted by atomic mass is 10.1. The summed E-state index contributed by atoms with van der Waals surface area (Å²) in [5.41, 5.74) is 5.58. The topological polar surface area (TPSA) is 83.5 Å². The quantitative estimate of drug-likeness (QED) is 0.246. The van der Waals surface area contributed by atoms with Gasteiger partial charge in [0.15, 0.2) is 0 Å². The summed E-state index contributed by atoms with van der Waals surface area (Å²) in [4.78, 5) is 52.3. The van der Waals surface area contributed by atoms with E-state index in [0.29, 0.717) is 11.3 Å². The van der Waals surface area contributed by atoms with Crippen LogP contribution in [0.15, 0.2) is 91.3 Å². The summed E-state index contributed by atoms with van der Waals surface area (Å²) in [5.74, 6) is -1.05. The Labute approximate surface area is 235 Å². The number of anilines is 1. The molecule has 3 aromatic carbocycles. The van der Waals surface area contributed by atoms with E-state index in [4.69, 9.17) is 4.98 Å². The molecule has 0 bridgehead atoms. The van der Waals surface area contributed by atoms with Crippen LogP contribution < -0.4 is 4.90 Å². The second-order valence-corrected chi connectivity index (χ2v) is 11.0. The smallest absolute Gasteiger partial charge is 0.257 e. The number of rotatable bonds is 6. The van der Waals surface area contributed by atoms with E-state index in [0.717, 1.165) is 31.9 Å². The highest BCUT2D eigenvalue weighted by Crippen LogP contribution is 2.33. The zero-order valence-corrected chi connectivity index (χ0v) is 22.9. The molecule has 2 aromatic heterocycles. The van der Waals surface area contributed by atoms with E-state index in [1.807, 2.05) is 49.4 Å². The van der Waals surface area contributed by atoms with Gasteiger partial charge in [0.05, 0.1) is 22.3 Å². The van der Waals surface area contributed by atoms with Gasteiger partial charge >= 0.3 is 0 Å². The zero-order chi connectivity index (χ0) is 27.8. The van der Waals surface area contributed by atoms with Crippen molar-refractivity contribution in [3.63, 3.8) is 0 Å². The Morgan fingerprint density at radius 3 is 2.55 bits per heavy atom. The second-order valence-electron chi connectivity index (χ2n) is 9.93. The van der Waals surface area contributed by atoms with Gasteiger partial charge in [-0.2, -0.15) is 0 Å². The highest BCUT2D eigenvalue weighted by Gasteiger charge is 2.44. The number of thiazole rings is 1. The predicted molar refractivity (Wildman–Crippen MR) is 156 cm³/mol. The van der Waals surface area contributed by atoms with Crippen LogP contribution in [0.1, 0.15) is 33.5 Å². The SMILES string of the molecule is Cc1ccc2nc(-c3ccc(N4C(=O)CC(N(Cc5cccnc5)C(=O)c5ccccc5C)C4=O)cc3)sc2c1. The minimum atomic E-state index is -0.924. The Kier molecular flexibility index (Phi) is 6.69. The molecule has 198 valence electrons. The molecule has 1 fully saturated rings. The highest BCUT2D eigenvalue weighted by atomic mass is 32.1. The third-order valence-corrected chi connectivity index (χ3v) is 8.19. The van der Waals surface area contributed by atoms with Crippen LogP contribution in [-0.4, -0.2) is 38.6 Å². The van der Waals surface area contributed by atoms with Crippen molar-refractivity contribution in [2.75, 3.05) is 4.90 Å². The summed E-state index contributed by atoms with van der Waals surface area (Å²) in [6, 6.07) is 23.4. The first kappa shape index (κ1) is 25.6. The van der Waals surface area contributed by atoms with Gasteiger partial charge in [0, 0.05) is 30.1 Å². The molecule has 0 aliphatic carbocycles. The van der Waals surface area contributed by atoms with Gasteiger partial charge in [-0.3, -0.25) is 19.4 Å². The molecule has 3 heterocycles. The molecular weight excluding hydrogens is 520 g/mol. The van der Waals surface area contributed by atoms with Crippen molar-refractivity contribution in [2.24, 2.45) is 0 Å². The number of aromatic nitrogens is 2. The Morgan fingerprint density at radius 1 is 1.00 bits per heavy atom. The number of pyridine rings is 1. The number of nitrogens with zero attached hydrogens (tertiary/aromatic N) is 4. The van der Waals surface area contributed by atoms with Crippen LogP contribution in [0.3, 0.4) is 0 Å². The van der Waals surface area contributed by atoms with Crippen LogP contribution >= 0.6 is 11.3 Å². The molecular formula is C32H26N4O3S. The lowest BCUT2D eigenvalue weighted by molar-refractivity contribution is -0.122. The van der Waals surface area contributed by atoms with E-state index in [2.05, 4.69) is 18.0 Å². The second kappa shape index (κ2) is 10.5. The molecule has 6 rings (SSSR count). The molecule has 0 N–H and O–H groups in total. The number of amides is 3. The number of carbonyl (C=O) groups is 3. The van der Waals surface area contributed by atoms with Crippen molar-refractivity contribution in [3.8, 4) is 10.6 Å². The van der Waals surface area contributed by atoms with Crippen molar-refractivity contribution >= 4 is 45.0 Å². The fraction of sp³-hybridized carbons (Fsp3) is 0.156. The monoisotopic (exact) mass is 546 g/mol. The maximum Gasteiger partial charge on any atom is 0.257 e. The zero-order valence-electron chi connectivity index (χ0n) is 22.1. The minimum Gasteiger partial charge on any atom is -0.322 e. The van der Waals surface area contributed by atoms with E-state index >= 15 is 0 Å². The summed E-state index contributed by atoms with van der Waals surface area (Å²) in [7, 11) is 0. The Bertz CT molecular complexity index is 1750. The Morgan fingerprint density at radius 2 is 1.80 bits per heavy atom. The van der Waals surface area contributed by atoms with E-state index in [1.165, 1.54) is 15.4 Å². The van der Waals surface area contributed by atoms with Crippen LogP contribution in [0.2, 0.25) is 0 Å². The molecule has 0 spiro atoms. The Hall–Kier alpha value is -4.69. The fourth-order valence-corrected chi connectivity index (χ4v) is 6.09. The van der Waals surface area contributed by atoms with Gasteiger partial charge in [-0.15, -0.1) is 11.3 Å². The summed E-state index contributed by atoms with van der Waals surface area (Å²) < 4.78 is 1.11. The number of hydrogen-bond acceptors (Lipinski definition) is 6. The van der Waals surface area contributed by atoms with Crippen LogP contribution in [0.5, 0.6) is 0 Å². The lowest BCUT2D eigenvalue weighted by Crippen LogP contribution is -2.45. The maximum absolute atomic E-state index is 13.8. The molecule has 3 amide bonds. The van der Waals surface area contributed by atoms with Gasteiger partial charge in [0.1, 0.15) is 11.0 Å². The van der Waals surface area contributed by atoms with Crippen LogP contribution in [0.25, 0.3) is 20.8 Å². The molecule has 0 saturated carbocycles. The van der Waals surface area contributed by atoms with Gasteiger partial charge in [-0.05, 0) is 79.1 Å². The van der Waals surface area contributed by atoms with Gasteiger partial charge in [-0.1, -0.05) is 30.3 Å². The number of imide groups is 1. The van der Waals surface area contributed by atoms with E-state index in [1.54, 1.807) is 54.1 Å². The van der Waals surface area contributed by atoms with Gasteiger partial charge in [0.25, 0.3) is 11.8 Å². The molecule has 1 aliphatic heterocycles. The number of aryl methyl sites for hydroxylation is 2. The average Bonchev–Trinajstić information content (AvgIpc) is 3.51. The van der Waals surface area contributed by atoms with Gasteiger partial charge in [0.2, 0.25) is 5.91 Å². The molecule has 1 unspecified atom stereocenters. The van der Waals surface area contributed by atoms with E-state index in [9.17, 15) is 14.4 Å². The number of carbonyl (C=O) groups excluding carboxylic acids is 3. The minimum absolute atomic E-state index is 0.0876. The van der Waals surface area contributed by atoms with Crippen molar-refractivity contribution in [3.05, 3.63) is 114 Å². The summed E-state index contributed by atoms with van der Waals surface area (Å²) >= 11 is 1.60. The van der Waals surface area contributed by atoms with Crippen molar-refractivity contribution < 1.29 is 14.4 Å². The largest absolute Gasteiger partial charge is 0.322 e. The Balaban J connectivity index is 1.29. The predicted octanol–water partition coefficient (Wildman–Crippen LogP) is 5.95. The molecule has 0 radical (unpaired) electrons. The van der Waals surface area contributed by atoms with Crippen LogP contribution in [-0.2, 0) is 16.1 Å². The molecule has 5 aromatic rings. The molecule has 8 heteroatoms. The fourth-order valence-electron chi connectivity index (χ4n) is 5.02. The van der Waals surface area contributed by atoms with Gasteiger partial charge in [-0.25, -0.2) is 9.88 Å². The third kappa shape index (κ3) is 4.78. The third-order valence-electron chi connectivity index (χ3n) is 7.13. The molecule has 1 atom stereocenters. The van der Waals surface area contributed by atoms with Crippen LogP contribution in [0.4, 0.5) is 5.69 Å².